The van der Waals surface area contributed by atoms with Crippen molar-refractivity contribution in [3.63, 3.8) is 0 Å². The number of amides is 2. The molecule has 0 aliphatic heterocycles. The molecule has 142 valence electrons. The Kier molecular flexibility index (Phi) is 7.70. The molecule has 0 aromatic heterocycles. The summed E-state index contributed by atoms with van der Waals surface area (Å²) in [7, 11) is 1.44. The molecule has 26 heavy (non-hydrogen) atoms. The first kappa shape index (κ1) is 21.1. The summed E-state index contributed by atoms with van der Waals surface area (Å²) in [5, 5.41) is 10.9. The Morgan fingerprint density at radius 3 is 2.31 bits per heavy atom. The van der Waals surface area contributed by atoms with Crippen LogP contribution in [-0.4, -0.2) is 65.8 Å². The lowest BCUT2D eigenvalue weighted by atomic mass is 10.1. The molecule has 0 aliphatic carbocycles. The second-order valence-corrected chi connectivity index (χ2v) is 5.60. The van der Waals surface area contributed by atoms with Crippen molar-refractivity contribution in [1.29, 1.82) is 0 Å². The van der Waals surface area contributed by atoms with Crippen molar-refractivity contribution >= 4 is 23.5 Å². The van der Waals surface area contributed by atoms with Crippen LogP contribution >= 0.6 is 0 Å². The van der Waals surface area contributed by atoms with Crippen LogP contribution in [0.1, 0.15) is 29.8 Å². The molecule has 0 saturated heterocycles. The molecule has 1 aromatic carbocycles. The van der Waals surface area contributed by atoms with Crippen LogP contribution in [0.25, 0.3) is 0 Å². The zero-order chi connectivity index (χ0) is 19.9. The van der Waals surface area contributed by atoms with Crippen LogP contribution in [0.15, 0.2) is 18.2 Å². The highest BCUT2D eigenvalue weighted by Crippen LogP contribution is 2.21. The number of nitro groups is 1. The van der Waals surface area contributed by atoms with E-state index in [2.05, 4.69) is 0 Å². The van der Waals surface area contributed by atoms with Gasteiger partial charge in [0.15, 0.2) is 6.61 Å². The van der Waals surface area contributed by atoms with Gasteiger partial charge in [-0.3, -0.25) is 19.7 Å². The number of hydrogen-bond acceptors (Lipinski definition) is 6. The van der Waals surface area contributed by atoms with Crippen molar-refractivity contribution in [2.45, 2.75) is 20.8 Å². The molecular weight excluding hydrogens is 342 g/mol. The Labute approximate surface area is 151 Å². The van der Waals surface area contributed by atoms with Crippen LogP contribution in [0.4, 0.5) is 5.69 Å². The summed E-state index contributed by atoms with van der Waals surface area (Å²) in [6.07, 6.45) is 0. The van der Waals surface area contributed by atoms with Gasteiger partial charge in [-0.05, 0) is 26.8 Å². The second-order valence-electron chi connectivity index (χ2n) is 5.60. The van der Waals surface area contributed by atoms with Gasteiger partial charge < -0.3 is 14.5 Å². The maximum atomic E-state index is 12.1. The molecular formula is C17H23N3O6. The smallest absolute Gasteiger partial charge is 0.339 e. The van der Waals surface area contributed by atoms with Crippen LogP contribution in [-0.2, 0) is 14.3 Å². The van der Waals surface area contributed by atoms with Gasteiger partial charge in [0.2, 0.25) is 5.91 Å². The minimum atomic E-state index is -0.831. The van der Waals surface area contributed by atoms with Gasteiger partial charge in [-0.2, -0.15) is 0 Å². The molecule has 0 atom stereocenters. The van der Waals surface area contributed by atoms with Crippen molar-refractivity contribution in [3.8, 4) is 0 Å². The van der Waals surface area contributed by atoms with E-state index in [1.54, 1.807) is 4.90 Å². The summed E-state index contributed by atoms with van der Waals surface area (Å²) >= 11 is 0. The van der Waals surface area contributed by atoms with Gasteiger partial charge in [-0.1, -0.05) is 6.07 Å². The summed E-state index contributed by atoms with van der Waals surface area (Å²) in [4.78, 5) is 49.2. The van der Waals surface area contributed by atoms with Crippen LogP contribution in [0.5, 0.6) is 0 Å². The predicted molar refractivity (Wildman–Crippen MR) is 93.7 cm³/mol. The molecule has 0 heterocycles. The maximum Gasteiger partial charge on any atom is 0.339 e. The quantitative estimate of drug-likeness (QED) is 0.391. The van der Waals surface area contributed by atoms with E-state index in [9.17, 15) is 24.5 Å². The van der Waals surface area contributed by atoms with Gasteiger partial charge in [0.1, 0.15) is 0 Å². The first-order chi connectivity index (χ1) is 12.2. The average Bonchev–Trinajstić information content (AvgIpc) is 2.60. The van der Waals surface area contributed by atoms with E-state index in [4.69, 9.17) is 4.74 Å². The van der Waals surface area contributed by atoms with Gasteiger partial charge in [0.25, 0.3) is 11.6 Å². The van der Waals surface area contributed by atoms with Gasteiger partial charge in [-0.15, -0.1) is 0 Å². The van der Waals surface area contributed by atoms with Gasteiger partial charge in [-0.25, -0.2) is 4.79 Å². The molecule has 2 amide bonds. The molecule has 0 saturated carbocycles. The highest BCUT2D eigenvalue weighted by atomic mass is 16.6. The van der Waals surface area contributed by atoms with Gasteiger partial charge in [0.05, 0.1) is 17.0 Å². The van der Waals surface area contributed by atoms with Gasteiger partial charge in [0, 0.05) is 31.8 Å². The Morgan fingerprint density at radius 2 is 1.77 bits per heavy atom. The minimum absolute atomic E-state index is 0.0221. The molecule has 0 spiro atoms. The van der Waals surface area contributed by atoms with Crippen molar-refractivity contribution in [2.24, 2.45) is 0 Å². The van der Waals surface area contributed by atoms with Crippen molar-refractivity contribution in [3.05, 3.63) is 39.4 Å². The summed E-state index contributed by atoms with van der Waals surface area (Å²) in [6.45, 7) is 5.53. The topological polar surface area (TPSA) is 110 Å². The highest BCUT2D eigenvalue weighted by Gasteiger charge is 2.21. The van der Waals surface area contributed by atoms with Crippen LogP contribution in [0.3, 0.4) is 0 Å². The molecule has 0 bridgehead atoms. The summed E-state index contributed by atoms with van der Waals surface area (Å²) in [6, 6.07) is 4.05. The Balaban J connectivity index is 2.67. The fourth-order valence-corrected chi connectivity index (χ4v) is 2.32. The van der Waals surface area contributed by atoms with Crippen LogP contribution < -0.4 is 0 Å². The molecule has 1 aromatic rings. The van der Waals surface area contributed by atoms with E-state index in [0.717, 1.165) is 0 Å². The first-order valence-electron chi connectivity index (χ1n) is 8.15. The number of nitrogens with zero attached hydrogens (tertiary/aromatic N) is 3. The Hall–Kier alpha value is -2.97. The number of carbonyl (C=O) groups is 3. The summed E-state index contributed by atoms with van der Waals surface area (Å²) in [5.41, 5.74) is -0.0124. The van der Waals surface area contributed by atoms with Crippen LogP contribution in [0, 0.1) is 17.0 Å². The molecule has 0 unspecified atom stereocenters. The number of nitro benzene ring substituents is 1. The summed E-state index contributed by atoms with van der Waals surface area (Å²) < 4.78 is 4.94. The third kappa shape index (κ3) is 5.27. The van der Waals surface area contributed by atoms with Gasteiger partial charge >= 0.3 is 5.97 Å². The van der Waals surface area contributed by atoms with E-state index >= 15 is 0 Å². The van der Waals surface area contributed by atoms with E-state index in [-0.39, 0.29) is 29.3 Å². The fraction of sp³-hybridized carbons (Fsp3) is 0.471. The number of carbonyl (C=O) groups excluding carboxylic acids is 3. The average molecular weight is 365 g/mol. The number of hydrogen-bond donors (Lipinski definition) is 0. The largest absolute Gasteiger partial charge is 0.452 e. The number of likely N-dealkylation sites (N-methyl/N-ethyl adjacent to an activating group) is 2. The fourth-order valence-electron chi connectivity index (χ4n) is 2.32. The normalized spacial score (nSPS) is 10.2. The van der Waals surface area contributed by atoms with Crippen molar-refractivity contribution in [2.75, 3.05) is 33.3 Å². The monoisotopic (exact) mass is 365 g/mol. The predicted octanol–water partition coefficient (Wildman–Crippen LogP) is 1.39. The first-order valence-corrected chi connectivity index (χ1v) is 8.15. The molecule has 1 rings (SSSR count). The third-order valence-electron chi connectivity index (χ3n) is 3.96. The van der Waals surface area contributed by atoms with Crippen molar-refractivity contribution < 1.29 is 24.0 Å². The number of esters is 1. The Bertz CT molecular complexity index is 700. The third-order valence-corrected chi connectivity index (χ3v) is 3.96. The highest BCUT2D eigenvalue weighted by molar-refractivity contribution is 5.94. The molecule has 9 nitrogen and oxygen atoms in total. The Morgan fingerprint density at radius 1 is 1.15 bits per heavy atom. The van der Waals surface area contributed by atoms with E-state index in [1.165, 1.54) is 37.1 Å². The lowest BCUT2D eigenvalue weighted by molar-refractivity contribution is -0.385. The number of rotatable bonds is 8. The van der Waals surface area contributed by atoms with E-state index in [1.807, 2.05) is 13.8 Å². The molecule has 0 N–H and O–H groups in total. The maximum absolute atomic E-state index is 12.1. The van der Waals surface area contributed by atoms with E-state index < -0.39 is 23.4 Å². The van der Waals surface area contributed by atoms with Crippen molar-refractivity contribution in [1.82, 2.24) is 9.80 Å². The molecule has 0 radical (unpaired) electrons. The summed E-state index contributed by atoms with van der Waals surface area (Å²) in [5.74, 6) is -1.57. The number of benzene rings is 1. The number of ether oxygens (including phenoxy) is 1. The zero-order valence-corrected chi connectivity index (χ0v) is 15.4. The zero-order valence-electron chi connectivity index (χ0n) is 15.4. The lowest BCUT2D eigenvalue weighted by Crippen LogP contribution is -2.42. The molecule has 0 aliphatic rings. The second kappa shape index (κ2) is 9.50. The molecule has 9 heteroatoms. The lowest BCUT2D eigenvalue weighted by Gasteiger charge is -2.23. The van der Waals surface area contributed by atoms with Crippen LogP contribution in [0.2, 0.25) is 0 Å². The standard InChI is InChI=1S/C17H23N3O6/c1-5-19(6-2)15(21)10-18(4)16(22)11-26-17(23)13-8-7-9-14(12(13)3)20(24)25/h7-9H,5-6,10-11H2,1-4H3. The van der Waals surface area contributed by atoms with E-state index in [0.29, 0.717) is 13.1 Å². The SMILES string of the molecule is CCN(CC)C(=O)CN(C)C(=O)COC(=O)c1cccc([N+](=O)[O-])c1C. The molecule has 0 fully saturated rings. The minimum Gasteiger partial charge on any atom is -0.452 e.